The molecule has 0 aliphatic carbocycles. The predicted octanol–water partition coefficient (Wildman–Crippen LogP) is 2.88. The minimum absolute atomic E-state index is 0.00577. The summed E-state index contributed by atoms with van der Waals surface area (Å²) in [7, 11) is -0.714. The molecule has 5 nitrogen and oxygen atoms in total. The van der Waals surface area contributed by atoms with E-state index in [4.69, 9.17) is 9.47 Å². The van der Waals surface area contributed by atoms with Crippen LogP contribution >= 0.6 is 0 Å². The molecule has 1 atom stereocenters. The molecule has 7 heteroatoms. The number of benzene rings is 2. The third-order valence-electron chi connectivity index (χ3n) is 3.36. The van der Waals surface area contributed by atoms with Gasteiger partial charge in [-0.1, -0.05) is 6.07 Å². The first-order valence-electron chi connectivity index (χ1n) is 6.87. The number of methoxy groups -OCH3 is 2. The summed E-state index contributed by atoms with van der Waals surface area (Å²) in [6, 6.07) is 9.32. The summed E-state index contributed by atoms with van der Waals surface area (Å²) in [5, 5.41) is 0. The third kappa shape index (κ3) is 4.00. The molecule has 0 spiro atoms. The van der Waals surface area contributed by atoms with E-state index in [0.29, 0.717) is 17.1 Å². The van der Waals surface area contributed by atoms with E-state index in [0.717, 1.165) is 12.1 Å². The standard InChI is InChI=1S/C16H18FNO4S/c1-11(12-4-9-15(21-2)16(10-12)22-3)18-23(19,20)14-7-5-13(17)6-8-14/h4-11,18H,1-3H3. The summed E-state index contributed by atoms with van der Waals surface area (Å²) >= 11 is 0. The van der Waals surface area contributed by atoms with Crippen molar-refractivity contribution >= 4 is 10.0 Å². The van der Waals surface area contributed by atoms with Gasteiger partial charge >= 0.3 is 0 Å². The molecule has 0 aliphatic rings. The number of hydrogen-bond donors (Lipinski definition) is 1. The van der Waals surface area contributed by atoms with Gasteiger partial charge in [0.05, 0.1) is 19.1 Å². The van der Waals surface area contributed by atoms with Gasteiger partial charge in [-0.15, -0.1) is 0 Å². The van der Waals surface area contributed by atoms with Gasteiger partial charge in [-0.3, -0.25) is 0 Å². The van der Waals surface area contributed by atoms with E-state index >= 15 is 0 Å². The van der Waals surface area contributed by atoms with Gasteiger partial charge in [0.1, 0.15) is 5.82 Å². The number of rotatable bonds is 6. The molecule has 0 fully saturated rings. The first kappa shape index (κ1) is 17.2. The highest BCUT2D eigenvalue weighted by atomic mass is 32.2. The summed E-state index contributed by atoms with van der Waals surface area (Å²) < 4.78 is 50.5. The first-order valence-corrected chi connectivity index (χ1v) is 8.35. The van der Waals surface area contributed by atoms with Crippen LogP contribution in [-0.2, 0) is 10.0 Å². The Kier molecular flexibility index (Phi) is 5.23. The smallest absolute Gasteiger partial charge is 0.241 e. The summed E-state index contributed by atoms with van der Waals surface area (Å²) in [6.45, 7) is 1.71. The molecule has 2 aromatic rings. The number of nitrogens with one attached hydrogen (secondary N) is 1. The Balaban J connectivity index is 2.24. The minimum Gasteiger partial charge on any atom is -0.493 e. The van der Waals surface area contributed by atoms with E-state index < -0.39 is 21.9 Å². The maximum Gasteiger partial charge on any atom is 0.241 e. The number of halogens is 1. The van der Waals surface area contributed by atoms with Gasteiger partial charge in [0.2, 0.25) is 10.0 Å². The number of hydrogen-bond acceptors (Lipinski definition) is 4. The minimum atomic E-state index is -3.75. The van der Waals surface area contributed by atoms with Crippen LogP contribution in [0.4, 0.5) is 4.39 Å². The molecule has 1 unspecified atom stereocenters. The van der Waals surface area contributed by atoms with Gasteiger partial charge < -0.3 is 9.47 Å². The highest BCUT2D eigenvalue weighted by Crippen LogP contribution is 2.30. The normalized spacial score (nSPS) is 12.7. The van der Waals surface area contributed by atoms with Crippen LogP contribution in [0.1, 0.15) is 18.5 Å². The van der Waals surface area contributed by atoms with Crippen LogP contribution in [0, 0.1) is 5.82 Å². The van der Waals surface area contributed by atoms with Gasteiger partial charge in [-0.2, -0.15) is 0 Å². The molecule has 0 aromatic heterocycles. The van der Waals surface area contributed by atoms with Crippen molar-refractivity contribution in [2.75, 3.05) is 14.2 Å². The number of ether oxygens (including phenoxy) is 2. The van der Waals surface area contributed by atoms with Crippen LogP contribution in [0.5, 0.6) is 11.5 Å². The Labute approximate surface area is 135 Å². The van der Waals surface area contributed by atoms with Crippen molar-refractivity contribution in [3.05, 3.63) is 53.8 Å². The van der Waals surface area contributed by atoms with E-state index in [2.05, 4.69) is 4.72 Å². The zero-order chi connectivity index (χ0) is 17.0. The molecule has 23 heavy (non-hydrogen) atoms. The average molecular weight is 339 g/mol. The quantitative estimate of drug-likeness (QED) is 0.879. The summed E-state index contributed by atoms with van der Waals surface area (Å²) in [5.41, 5.74) is 0.716. The molecular formula is C16H18FNO4S. The molecule has 0 radical (unpaired) electrons. The van der Waals surface area contributed by atoms with Gasteiger partial charge in [0.25, 0.3) is 0 Å². The SMILES string of the molecule is COc1ccc(C(C)NS(=O)(=O)c2ccc(F)cc2)cc1OC. The second kappa shape index (κ2) is 6.97. The molecule has 0 bridgehead atoms. The van der Waals surface area contributed by atoms with E-state index in [1.807, 2.05) is 0 Å². The predicted molar refractivity (Wildman–Crippen MR) is 84.7 cm³/mol. The summed E-state index contributed by atoms with van der Waals surface area (Å²) in [5.74, 6) is 0.583. The largest absolute Gasteiger partial charge is 0.493 e. The average Bonchev–Trinajstić information content (AvgIpc) is 2.54. The lowest BCUT2D eigenvalue weighted by atomic mass is 10.1. The maximum absolute atomic E-state index is 12.9. The second-order valence-electron chi connectivity index (χ2n) is 4.91. The third-order valence-corrected chi connectivity index (χ3v) is 4.92. The van der Waals surface area contributed by atoms with Crippen molar-refractivity contribution in [2.45, 2.75) is 17.9 Å². The van der Waals surface area contributed by atoms with Crippen molar-refractivity contribution < 1.29 is 22.3 Å². The van der Waals surface area contributed by atoms with Crippen LogP contribution in [0.25, 0.3) is 0 Å². The Morgan fingerprint density at radius 3 is 2.17 bits per heavy atom. The summed E-state index contributed by atoms with van der Waals surface area (Å²) in [6.07, 6.45) is 0. The van der Waals surface area contributed by atoms with Crippen molar-refractivity contribution in [1.29, 1.82) is 0 Å². The second-order valence-corrected chi connectivity index (χ2v) is 6.63. The fourth-order valence-corrected chi connectivity index (χ4v) is 3.34. The maximum atomic E-state index is 12.9. The zero-order valence-electron chi connectivity index (χ0n) is 13.0. The van der Waals surface area contributed by atoms with Crippen LogP contribution in [0.3, 0.4) is 0 Å². The van der Waals surface area contributed by atoms with Crippen molar-refractivity contribution in [3.8, 4) is 11.5 Å². The van der Waals surface area contributed by atoms with Gasteiger partial charge in [-0.05, 0) is 48.9 Å². The van der Waals surface area contributed by atoms with Gasteiger partial charge in [-0.25, -0.2) is 17.5 Å². The van der Waals surface area contributed by atoms with Crippen LogP contribution in [0.2, 0.25) is 0 Å². The lowest BCUT2D eigenvalue weighted by Crippen LogP contribution is -2.26. The Morgan fingerprint density at radius 1 is 1.00 bits per heavy atom. The van der Waals surface area contributed by atoms with E-state index in [1.165, 1.54) is 26.4 Å². The highest BCUT2D eigenvalue weighted by Gasteiger charge is 2.19. The Hall–Kier alpha value is -2.12. The lowest BCUT2D eigenvalue weighted by molar-refractivity contribution is 0.354. The molecule has 2 rings (SSSR count). The van der Waals surface area contributed by atoms with Crippen LogP contribution in [0.15, 0.2) is 47.4 Å². The number of sulfonamides is 1. The molecule has 0 aliphatic heterocycles. The van der Waals surface area contributed by atoms with Crippen molar-refractivity contribution in [2.24, 2.45) is 0 Å². The van der Waals surface area contributed by atoms with Crippen molar-refractivity contribution in [3.63, 3.8) is 0 Å². The first-order chi connectivity index (χ1) is 10.9. The molecular weight excluding hydrogens is 321 g/mol. The van der Waals surface area contributed by atoms with Crippen LogP contribution < -0.4 is 14.2 Å². The Bertz CT molecular complexity index is 775. The van der Waals surface area contributed by atoms with E-state index in [1.54, 1.807) is 25.1 Å². The molecule has 2 aromatic carbocycles. The van der Waals surface area contributed by atoms with Crippen molar-refractivity contribution in [1.82, 2.24) is 4.72 Å². The monoisotopic (exact) mass is 339 g/mol. The van der Waals surface area contributed by atoms with E-state index in [9.17, 15) is 12.8 Å². The van der Waals surface area contributed by atoms with E-state index in [-0.39, 0.29) is 4.90 Å². The molecule has 0 amide bonds. The topological polar surface area (TPSA) is 64.6 Å². The molecule has 0 saturated heterocycles. The fourth-order valence-electron chi connectivity index (χ4n) is 2.10. The fraction of sp³-hybridized carbons (Fsp3) is 0.250. The lowest BCUT2D eigenvalue weighted by Gasteiger charge is -2.16. The summed E-state index contributed by atoms with van der Waals surface area (Å²) in [4.78, 5) is 0.00577. The molecule has 0 saturated carbocycles. The zero-order valence-corrected chi connectivity index (χ0v) is 13.9. The van der Waals surface area contributed by atoms with Gasteiger partial charge in [0.15, 0.2) is 11.5 Å². The highest BCUT2D eigenvalue weighted by molar-refractivity contribution is 7.89. The molecule has 124 valence electrons. The molecule has 0 heterocycles. The van der Waals surface area contributed by atoms with Gasteiger partial charge in [0, 0.05) is 6.04 Å². The van der Waals surface area contributed by atoms with Crippen LogP contribution in [-0.4, -0.2) is 22.6 Å². The Morgan fingerprint density at radius 2 is 1.61 bits per heavy atom. The molecule has 1 N–H and O–H groups in total.